The maximum absolute atomic E-state index is 5.19. The first-order valence-corrected chi connectivity index (χ1v) is 4.31. The van der Waals surface area contributed by atoms with E-state index < -0.39 is 0 Å². The van der Waals surface area contributed by atoms with Crippen molar-refractivity contribution in [1.82, 2.24) is 14.9 Å². The molecule has 2 heterocycles. The third-order valence-corrected chi connectivity index (χ3v) is 2.18. The molecule has 0 N–H and O–H groups in total. The van der Waals surface area contributed by atoms with E-state index in [9.17, 15) is 0 Å². The van der Waals surface area contributed by atoms with Crippen molar-refractivity contribution in [1.29, 1.82) is 0 Å². The van der Waals surface area contributed by atoms with Gasteiger partial charge in [0.15, 0.2) is 5.82 Å². The van der Waals surface area contributed by atoms with Crippen molar-refractivity contribution in [2.45, 2.75) is 18.8 Å². The summed E-state index contributed by atoms with van der Waals surface area (Å²) in [5, 5.41) is 7.94. The summed E-state index contributed by atoms with van der Waals surface area (Å²) >= 11 is 0. The summed E-state index contributed by atoms with van der Waals surface area (Å²) in [4.78, 5) is 0. The summed E-state index contributed by atoms with van der Waals surface area (Å²) in [6.45, 7) is 0. The van der Waals surface area contributed by atoms with Crippen molar-refractivity contribution in [2.24, 2.45) is 0 Å². The molecule has 4 nitrogen and oxygen atoms in total. The van der Waals surface area contributed by atoms with Crippen LogP contribution in [0, 0.1) is 6.07 Å². The Kier molecular flexibility index (Phi) is 1.30. The van der Waals surface area contributed by atoms with Gasteiger partial charge in [-0.1, -0.05) is 5.16 Å². The Balaban J connectivity index is 1.97. The first-order valence-electron chi connectivity index (χ1n) is 4.31. The predicted octanol–water partition coefficient (Wildman–Crippen LogP) is 1.54. The van der Waals surface area contributed by atoms with E-state index >= 15 is 0 Å². The van der Waals surface area contributed by atoms with Gasteiger partial charge in [-0.25, -0.2) is 4.68 Å². The largest absolute Gasteiger partial charge is 0.359 e. The first kappa shape index (κ1) is 6.88. The van der Waals surface area contributed by atoms with Gasteiger partial charge in [0, 0.05) is 24.2 Å². The van der Waals surface area contributed by atoms with E-state index in [2.05, 4.69) is 16.3 Å². The second kappa shape index (κ2) is 2.45. The quantitative estimate of drug-likeness (QED) is 0.693. The number of aromatic nitrogens is 3. The highest BCUT2D eigenvalue weighted by Gasteiger charge is 2.28. The summed E-state index contributed by atoms with van der Waals surface area (Å²) in [5.74, 6) is 2.31. The molecule has 0 aromatic carbocycles. The van der Waals surface area contributed by atoms with Crippen LogP contribution in [0.4, 0.5) is 0 Å². The molecule has 0 saturated heterocycles. The van der Waals surface area contributed by atoms with Gasteiger partial charge in [0.1, 0.15) is 5.76 Å². The van der Waals surface area contributed by atoms with Crippen LogP contribution in [0.1, 0.15) is 24.5 Å². The first-order chi connectivity index (χ1) is 6.43. The fourth-order valence-corrected chi connectivity index (χ4v) is 1.31. The molecule has 0 atom stereocenters. The topological polar surface area (TPSA) is 43.9 Å². The normalized spacial score (nSPS) is 16.3. The van der Waals surface area contributed by atoms with Crippen LogP contribution in [-0.2, 0) is 0 Å². The van der Waals surface area contributed by atoms with Crippen molar-refractivity contribution in [3.05, 3.63) is 30.3 Å². The lowest BCUT2D eigenvalue weighted by atomic mass is 10.3. The summed E-state index contributed by atoms with van der Waals surface area (Å²) in [6.07, 6.45) is 5.78. The Labute approximate surface area is 75.2 Å². The molecular formula is C9H8N3O. The smallest absolute Gasteiger partial charge is 0.196 e. The molecule has 1 radical (unpaired) electrons. The van der Waals surface area contributed by atoms with Crippen LogP contribution in [0.15, 0.2) is 23.0 Å². The van der Waals surface area contributed by atoms with E-state index in [1.165, 1.54) is 12.8 Å². The molecule has 65 valence electrons. The third kappa shape index (κ3) is 1.14. The van der Waals surface area contributed by atoms with Crippen LogP contribution >= 0.6 is 0 Å². The van der Waals surface area contributed by atoms with E-state index in [-0.39, 0.29) is 0 Å². The molecule has 1 saturated carbocycles. The van der Waals surface area contributed by atoms with E-state index in [0.717, 1.165) is 11.6 Å². The van der Waals surface area contributed by atoms with Gasteiger partial charge in [0.2, 0.25) is 0 Å². The molecule has 0 bridgehead atoms. The monoisotopic (exact) mass is 174 g/mol. The SMILES string of the molecule is [c]1cnn(-c2cc(C3CC3)on2)c1. The highest BCUT2D eigenvalue weighted by molar-refractivity contribution is 5.24. The van der Waals surface area contributed by atoms with Crippen molar-refractivity contribution >= 4 is 0 Å². The maximum Gasteiger partial charge on any atom is 0.196 e. The van der Waals surface area contributed by atoms with Crippen molar-refractivity contribution in [3.8, 4) is 5.82 Å². The van der Waals surface area contributed by atoms with E-state index in [4.69, 9.17) is 4.52 Å². The molecule has 2 aromatic heterocycles. The van der Waals surface area contributed by atoms with Crippen molar-refractivity contribution < 1.29 is 4.52 Å². The summed E-state index contributed by atoms with van der Waals surface area (Å²) in [5.41, 5.74) is 0. The fraction of sp³-hybridized carbons (Fsp3) is 0.333. The lowest BCUT2D eigenvalue weighted by molar-refractivity contribution is 0.381. The Morgan fingerprint density at radius 3 is 3.15 bits per heavy atom. The van der Waals surface area contributed by atoms with Crippen LogP contribution in [0.3, 0.4) is 0 Å². The van der Waals surface area contributed by atoms with Gasteiger partial charge in [0.05, 0.1) is 6.20 Å². The summed E-state index contributed by atoms with van der Waals surface area (Å²) in [7, 11) is 0. The molecule has 4 heteroatoms. The molecule has 2 aromatic rings. The number of hydrogen-bond acceptors (Lipinski definition) is 3. The zero-order valence-electron chi connectivity index (χ0n) is 6.97. The Bertz CT molecular complexity index is 400. The number of nitrogens with zero attached hydrogens (tertiary/aromatic N) is 3. The molecule has 13 heavy (non-hydrogen) atoms. The molecule has 0 spiro atoms. The number of rotatable bonds is 2. The van der Waals surface area contributed by atoms with E-state index in [1.54, 1.807) is 17.1 Å². The standard InChI is InChI=1S/C9H8N3O/c1-4-10-12(5-1)9-6-8(13-11-9)7-2-3-7/h4-7H,2-3H2. The third-order valence-electron chi connectivity index (χ3n) is 2.18. The molecule has 3 rings (SSSR count). The van der Waals surface area contributed by atoms with Gasteiger partial charge in [-0.15, -0.1) is 0 Å². The van der Waals surface area contributed by atoms with Crippen molar-refractivity contribution in [2.75, 3.05) is 0 Å². The van der Waals surface area contributed by atoms with Gasteiger partial charge < -0.3 is 4.52 Å². The molecule has 0 unspecified atom stereocenters. The van der Waals surface area contributed by atoms with Gasteiger partial charge >= 0.3 is 0 Å². The van der Waals surface area contributed by atoms with Crippen LogP contribution in [0.5, 0.6) is 0 Å². The van der Waals surface area contributed by atoms with Crippen LogP contribution in [0.2, 0.25) is 0 Å². The summed E-state index contributed by atoms with van der Waals surface area (Å²) < 4.78 is 6.84. The molecule has 1 aliphatic rings. The second-order valence-electron chi connectivity index (χ2n) is 3.25. The molecule has 1 aliphatic carbocycles. The van der Waals surface area contributed by atoms with Crippen molar-refractivity contribution in [3.63, 3.8) is 0 Å². The average Bonchev–Trinajstić information content (AvgIpc) is 2.72. The van der Waals surface area contributed by atoms with E-state index in [1.807, 2.05) is 6.07 Å². The van der Waals surface area contributed by atoms with Gasteiger partial charge in [-0.2, -0.15) is 5.10 Å². The fourth-order valence-electron chi connectivity index (χ4n) is 1.31. The maximum atomic E-state index is 5.19. The van der Waals surface area contributed by atoms with Crippen LogP contribution in [0.25, 0.3) is 5.82 Å². The molecule has 1 fully saturated rings. The molecular weight excluding hydrogens is 166 g/mol. The highest BCUT2D eigenvalue weighted by atomic mass is 16.5. The summed E-state index contributed by atoms with van der Waals surface area (Å²) in [6, 6.07) is 4.80. The van der Waals surface area contributed by atoms with Gasteiger partial charge in [0.25, 0.3) is 0 Å². The Morgan fingerprint density at radius 2 is 2.46 bits per heavy atom. The predicted molar refractivity (Wildman–Crippen MR) is 44.4 cm³/mol. The second-order valence-corrected chi connectivity index (χ2v) is 3.25. The lowest BCUT2D eigenvalue weighted by Crippen LogP contribution is -1.92. The minimum Gasteiger partial charge on any atom is -0.359 e. The minimum atomic E-state index is 0.598. The lowest BCUT2D eigenvalue weighted by Gasteiger charge is -1.89. The highest BCUT2D eigenvalue weighted by Crippen LogP contribution is 2.40. The molecule has 0 aliphatic heterocycles. The minimum absolute atomic E-state index is 0.598. The van der Waals surface area contributed by atoms with Crippen LogP contribution in [-0.4, -0.2) is 14.9 Å². The molecule has 0 amide bonds. The number of hydrogen-bond donors (Lipinski definition) is 0. The van der Waals surface area contributed by atoms with E-state index in [0.29, 0.717) is 5.92 Å². The zero-order chi connectivity index (χ0) is 8.67. The van der Waals surface area contributed by atoms with Crippen LogP contribution < -0.4 is 0 Å². The van der Waals surface area contributed by atoms with Gasteiger partial charge in [-0.05, 0) is 12.8 Å². The van der Waals surface area contributed by atoms with Gasteiger partial charge in [-0.3, -0.25) is 0 Å². The Morgan fingerprint density at radius 1 is 1.54 bits per heavy atom. The average molecular weight is 174 g/mol. The zero-order valence-corrected chi connectivity index (χ0v) is 6.97. The Hall–Kier alpha value is -1.58.